The summed E-state index contributed by atoms with van der Waals surface area (Å²) in [6.45, 7) is 0. The van der Waals surface area contributed by atoms with Gasteiger partial charge < -0.3 is 15.5 Å². The molecular weight excluding hydrogens is 522 g/mol. The number of hydrogen-bond acceptors (Lipinski definition) is 4. The first-order valence-corrected chi connectivity index (χ1v) is 13.5. The number of amides is 2. The Kier molecular flexibility index (Phi) is 5.61. The van der Waals surface area contributed by atoms with Crippen molar-refractivity contribution in [2.24, 2.45) is 5.92 Å². The zero-order chi connectivity index (χ0) is 27.4. The zero-order valence-corrected chi connectivity index (χ0v) is 22.0. The predicted octanol–water partition coefficient (Wildman–Crippen LogP) is 5.95. The molecule has 196 valence electrons. The number of para-hydroxylation sites is 3. The van der Waals surface area contributed by atoms with Crippen LogP contribution in [0.25, 0.3) is 6.08 Å². The van der Waals surface area contributed by atoms with Gasteiger partial charge in [-0.05, 0) is 59.7 Å². The van der Waals surface area contributed by atoms with Crippen molar-refractivity contribution in [3.05, 3.63) is 131 Å². The molecule has 0 aromatic heterocycles. The van der Waals surface area contributed by atoms with E-state index in [9.17, 15) is 14.4 Å². The van der Waals surface area contributed by atoms with Crippen LogP contribution < -0.4 is 15.5 Å². The van der Waals surface area contributed by atoms with E-state index in [1.165, 1.54) is 0 Å². The molecule has 4 aromatic rings. The molecule has 0 bridgehead atoms. The fraction of sp³-hybridized carbons (Fsp3) is 0.121. The lowest BCUT2D eigenvalue weighted by Crippen LogP contribution is -2.51. The molecule has 0 aliphatic carbocycles. The number of halogens is 1. The van der Waals surface area contributed by atoms with Gasteiger partial charge in [0.2, 0.25) is 11.8 Å². The average molecular weight is 546 g/mol. The number of rotatable bonds is 4. The molecule has 2 amide bonds. The zero-order valence-electron chi connectivity index (χ0n) is 21.3. The minimum atomic E-state index is -1.35. The number of nitrogens with zero attached hydrogens (tertiary/aromatic N) is 1. The van der Waals surface area contributed by atoms with Crippen LogP contribution in [0.2, 0.25) is 5.02 Å². The summed E-state index contributed by atoms with van der Waals surface area (Å²) in [5, 5.41) is 6.56. The summed E-state index contributed by atoms with van der Waals surface area (Å²) in [4.78, 5) is 45.2. The van der Waals surface area contributed by atoms with Crippen molar-refractivity contribution in [2.75, 3.05) is 15.5 Å². The van der Waals surface area contributed by atoms with Crippen molar-refractivity contribution in [1.82, 2.24) is 0 Å². The Morgan fingerprint density at radius 3 is 2.35 bits per heavy atom. The molecule has 0 saturated carbocycles. The summed E-state index contributed by atoms with van der Waals surface area (Å²) in [5.41, 5.74) is 2.72. The fourth-order valence-corrected chi connectivity index (χ4v) is 6.78. The smallest absolute Gasteiger partial charge is 0.247 e. The van der Waals surface area contributed by atoms with Crippen LogP contribution in [-0.4, -0.2) is 29.7 Å². The molecular formula is C33H24ClN3O3. The van der Waals surface area contributed by atoms with Crippen LogP contribution in [0.15, 0.2) is 109 Å². The molecule has 7 heteroatoms. The fourth-order valence-electron chi connectivity index (χ4n) is 6.65. The normalized spacial score (nSPS) is 23.8. The third-order valence-electron chi connectivity index (χ3n) is 8.26. The largest absolute Gasteiger partial charge is 0.350 e. The van der Waals surface area contributed by atoms with Gasteiger partial charge in [-0.15, -0.1) is 0 Å². The van der Waals surface area contributed by atoms with E-state index in [-0.39, 0.29) is 17.6 Å². The van der Waals surface area contributed by atoms with Crippen LogP contribution in [0.4, 0.5) is 17.1 Å². The number of nitrogens with one attached hydrogen (secondary N) is 2. The lowest BCUT2D eigenvalue weighted by atomic mass is 9.64. The molecule has 6 nitrogen and oxygen atoms in total. The van der Waals surface area contributed by atoms with Gasteiger partial charge in [-0.1, -0.05) is 78.4 Å². The molecule has 2 N–H and O–H groups in total. The first-order valence-electron chi connectivity index (χ1n) is 13.1. The van der Waals surface area contributed by atoms with E-state index in [4.69, 9.17) is 11.6 Å². The van der Waals surface area contributed by atoms with E-state index in [1.807, 2.05) is 83.8 Å². The number of fused-ring (bicyclic) bond motifs is 6. The van der Waals surface area contributed by atoms with Crippen LogP contribution in [0.3, 0.4) is 0 Å². The Bertz CT molecular complexity index is 1700. The number of hydrogen-bond donors (Lipinski definition) is 2. The lowest BCUT2D eigenvalue weighted by Gasteiger charge is -2.37. The van der Waals surface area contributed by atoms with Crippen LogP contribution in [0, 0.1) is 5.92 Å². The highest BCUT2D eigenvalue weighted by Crippen LogP contribution is 2.57. The summed E-state index contributed by atoms with van der Waals surface area (Å²) in [5.74, 6) is -1.99. The van der Waals surface area contributed by atoms with Crippen LogP contribution in [0.1, 0.15) is 21.5 Å². The minimum absolute atomic E-state index is 0.294. The molecule has 4 aromatic carbocycles. The number of anilines is 3. The molecule has 3 aliphatic rings. The van der Waals surface area contributed by atoms with Crippen molar-refractivity contribution in [1.29, 1.82) is 0 Å². The Balaban J connectivity index is 1.49. The molecule has 7 rings (SSSR count). The summed E-state index contributed by atoms with van der Waals surface area (Å²) >= 11 is 6.15. The number of carbonyl (C=O) groups excluding carboxylic acids is 3. The number of benzene rings is 4. The molecule has 1 unspecified atom stereocenters. The highest BCUT2D eigenvalue weighted by Gasteiger charge is 2.70. The van der Waals surface area contributed by atoms with Crippen molar-refractivity contribution in [3.8, 4) is 0 Å². The Hall–Kier alpha value is -4.68. The number of ketones is 1. The first-order chi connectivity index (χ1) is 19.5. The second kappa shape index (κ2) is 9.21. The standard InChI is InChI=1S/C33H24ClN3O3/c34-22-17-14-21(15-18-22)30(38)28-29(31(39)35-23-9-2-1-3-10-23)37-26-13-7-4-8-20(26)16-19-27(37)33(28)24-11-5-6-12-25(24)36-32(33)40/h1-19,27-29H,(H,35,39)(H,36,40)/t27?,28-,29+,33+/m1/s1. The van der Waals surface area contributed by atoms with Crippen molar-refractivity contribution in [2.45, 2.75) is 17.5 Å². The first kappa shape index (κ1) is 24.4. The van der Waals surface area contributed by atoms with E-state index in [0.29, 0.717) is 27.5 Å². The highest BCUT2D eigenvalue weighted by molar-refractivity contribution is 6.30. The topological polar surface area (TPSA) is 78.5 Å². The Morgan fingerprint density at radius 1 is 0.850 bits per heavy atom. The van der Waals surface area contributed by atoms with E-state index in [0.717, 1.165) is 11.3 Å². The maximum absolute atomic E-state index is 14.6. The maximum Gasteiger partial charge on any atom is 0.247 e. The second-order valence-electron chi connectivity index (χ2n) is 10.3. The van der Waals surface area contributed by atoms with Crippen molar-refractivity contribution in [3.63, 3.8) is 0 Å². The Morgan fingerprint density at radius 2 is 1.55 bits per heavy atom. The van der Waals surface area contributed by atoms with Crippen LogP contribution in [-0.2, 0) is 15.0 Å². The van der Waals surface area contributed by atoms with Gasteiger partial charge in [0.15, 0.2) is 5.78 Å². The van der Waals surface area contributed by atoms with Gasteiger partial charge in [-0.3, -0.25) is 14.4 Å². The molecule has 1 spiro atoms. The lowest BCUT2D eigenvalue weighted by molar-refractivity contribution is -0.122. The molecule has 3 aliphatic heterocycles. The van der Waals surface area contributed by atoms with E-state index < -0.39 is 23.4 Å². The van der Waals surface area contributed by atoms with Gasteiger partial charge in [0.1, 0.15) is 11.5 Å². The maximum atomic E-state index is 14.6. The molecule has 3 heterocycles. The average Bonchev–Trinajstić information content (AvgIpc) is 3.46. The van der Waals surface area contributed by atoms with E-state index >= 15 is 0 Å². The van der Waals surface area contributed by atoms with Gasteiger partial charge in [-0.2, -0.15) is 0 Å². The third kappa shape index (κ3) is 3.46. The summed E-state index contributed by atoms with van der Waals surface area (Å²) in [7, 11) is 0. The van der Waals surface area contributed by atoms with Crippen LogP contribution >= 0.6 is 11.6 Å². The van der Waals surface area contributed by atoms with E-state index in [2.05, 4.69) is 10.6 Å². The summed E-state index contributed by atoms with van der Waals surface area (Å²) < 4.78 is 0. The monoisotopic (exact) mass is 545 g/mol. The Labute approximate surface area is 236 Å². The highest BCUT2D eigenvalue weighted by atomic mass is 35.5. The van der Waals surface area contributed by atoms with Gasteiger partial charge in [-0.25, -0.2) is 0 Å². The van der Waals surface area contributed by atoms with Crippen LogP contribution in [0.5, 0.6) is 0 Å². The van der Waals surface area contributed by atoms with Gasteiger partial charge in [0.05, 0.1) is 12.0 Å². The summed E-state index contributed by atoms with van der Waals surface area (Å²) in [6.07, 6.45) is 3.94. The molecule has 1 saturated heterocycles. The van der Waals surface area contributed by atoms with Gasteiger partial charge in [0.25, 0.3) is 0 Å². The third-order valence-corrected chi connectivity index (χ3v) is 8.52. The minimum Gasteiger partial charge on any atom is -0.350 e. The SMILES string of the molecule is O=C(Nc1ccccc1)[C@@H]1[C@H](C(=O)c2ccc(Cl)cc2)[C@@]2(C(=O)Nc3ccccc32)C2C=Cc3ccccc3N21. The predicted molar refractivity (Wildman–Crippen MR) is 157 cm³/mol. The molecule has 40 heavy (non-hydrogen) atoms. The molecule has 1 fully saturated rings. The van der Waals surface area contributed by atoms with Crippen molar-refractivity contribution >= 4 is 52.3 Å². The summed E-state index contributed by atoms with van der Waals surface area (Å²) in [6, 6.07) is 29.4. The number of carbonyl (C=O) groups is 3. The van der Waals surface area contributed by atoms with Gasteiger partial charge in [0, 0.05) is 27.6 Å². The second-order valence-corrected chi connectivity index (χ2v) is 10.7. The molecule has 4 atom stereocenters. The van der Waals surface area contributed by atoms with E-state index in [1.54, 1.807) is 36.4 Å². The molecule has 0 radical (unpaired) electrons. The quantitative estimate of drug-likeness (QED) is 0.311. The van der Waals surface area contributed by atoms with Gasteiger partial charge >= 0.3 is 0 Å². The van der Waals surface area contributed by atoms with Crippen molar-refractivity contribution < 1.29 is 14.4 Å². The number of Topliss-reactive ketones (excluding diaryl/α,β-unsaturated/α-hetero) is 1.